The lowest BCUT2D eigenvalue weighted by atomic mass is 10.0. The van der Waals surface area contributed by atoms with E-state index in [2.05, 4.69) is 5.32 Å². The van der Waals surface area contributed by atoms with Crippen molar-refractivity contribution in [1.29, 1.82) is 0 Å². The summed E-state index contributed by atoms with van der Waals surface area (Å²) in [5.41, 5.74) is 2.86. The molecular formula is C17H25N3O2. The smallest absolute Gasteiger partial charge is 0.317 e. The number of carbonyl (C=O) groups excluding carboxylic acids is 2. The van der Waals surface area contributed by atoms with Crippen molar-refractivity contribution >= 4 is 11.9 Å². The maximum absolute atomic E-state index is 12.6. The zero-order chi connectivity index (χ0) is 16.1. The van der Waals surface area contributed by atoms with Crippen molar-refractivity contribution in [2.75, 3.05) is 32.7 Å². The molecule has 1 fully saturated rings. The minimum Gasteiger partial charge on any atom is -0.338 e. The van der Waals surface area contributed by atoms with Gasteiger partial charge in [-0.15, -0.1) is 0 Å². The van der Waals surface area contributed by atoms with Crippen LogP contribution in [0.4, 0.5) is 4.79 Å². The summed E-state index contributed by atoms with van der Waals surface area (Å²) in [7, 11) is 0. The lowest BCUT2D eigenvalue weighted by molar-refractivity contribution is 0.0664. The van der Waals surface area contributed by atoms with Crippen LogP contribution in [0.5, 0.6) is 0 Å². The van der Waals surface area contributed by atoms with Crippen molar-refractivity contribution in [2.24, 2.45) is 0 Å². The zero-order valence-electron chi connectivity index (χ0n) is 13.7. The summed E-state index contributed by atoms with van der Waals surface area (Å²) >= 11 is 0. The van der Waals surface area contributed by atoms with Crippen LogP contribution >= 0.6 is 0 Å². The van der Waals surface area contributed by atoms with Gasteiger partial charge in [0.25, 0.3) is 5.91 Å². The molecule has 1 aliphatic rings. The van der Waals surface area contributed by atoms with E-state index in [1.807, 2.05) is 43.9 Å². The fourth-order valence-corrected chi connectivity index (χ4v) is 2.59. The van der Waals surface area contributed by atoms with E-state index in [9.17, 15) is 9.59 Å². The Labute approximate surface area is 132 Å². The first-order chi connectivity index (χ1) is 10.5. The molecule has 3 amide bonds. The number of nitrogens with one attached hydrogen (secondary N) is 1. The molecule has 0 radical (unpaired) electrons. The summed E-state index contributed by atoms with van der Waals surface area (Å²) in [6.07, 6.45) is 0.927. The third-order valence-corrected chi connectivity index (χ3v) is 4.00. The Kier molecular flexibility index (Phi) is 5.41. The summed E-state index contributed by atoms with van der Waals surface area (Å²) < 4.78 is 0. The fourth-order valence-electron chi connectivity index (χ4n) is 2.59. The van der Waals surface area contributed by atoms with Crippen LogP contribution < -0.4 is 5.32 Å². The SMILES string of the molecule is CCCNC(=O)N1CCN(C(=O)c2cc(C)ccc2C)CC1. The van der Waals surface area contributed by atoms with E-state index in [0.29, 0.717) is 32.7 Å². The molecule has 0 aromatic heterocycles. The van der Waals surface area contributed by atoms with Crippen LogP contribution in [0.15, 0.2) is 18.2 Å². The fraction of sp³-hybridized carbons (Fsp3) is 0.529. The second-order valence-electron chi connectivity index (χ2n) is 5.83. The van der Waals surface area contributed by atoms with Crippen molar-refractivity contribution < 1.29 is 9.59 Å². The van der Waals surface area contributed by atoms with E-state index >= 15 is 0 Å². The molecule has 5 heteroatoms. The van der Waals surface area contributed by atoms with Crippen molar-refractivity contribution in [2.45, 2.75) is 27.2 Å². The van der Waals surface area contributed by atoms with Gasteiger partial charge in [-0.1, -0.05) is 24.6 Å². The van der Waals surface area contributed by atoms with Gasteiger partial charge >= 0.3 is 6.03 Å². The van der Waals surface area contributed by atoms with Gasteiger partial charge in [-0.25, -0.2) is 4.79 Å². The molecular weight excluding hydrogens is 278 g/mol. The lowest BCUT2D eigenvalue weighted by Gasteiger charge is -2.35. The Morgan fingerprint density at radius 3 is 2.36 bits per heavy atom. The second kappa shape index (κ2) is 7.29. The largest absolute Gasteiger partial charge is 0.338 e. The second-order valence-corrected chi connectivity index (χ2v) is 5.83. The van der Waals surface area contributed by atoms with E-state index in [0.717, 1.165) is 23.1 Å². The summed E-state index contributed by atoms with van der Waals surface area (Å²) in [5.74, 6) is 0.0646. The van der Waals surface area contributed by atoms with E-state index in [1.165, 1.54) is 0 Å². The first-order valence-corrected chi connectivity index (χ1v) is 7.92. The van der Waals surface area contributed by atoms with E-state index < -0.39 is 0 Å². The predicted octanol–water partition coefficient (Wildman–Crippen LogP) is 2.18. The average Bonchev–Trinajstić information content (AvgIpc) is 2.54. The maximum Gasteiger partial charge on any atom is 0.317 e. The molecule has 1 N–H and O–H groups in total. The van der Waals surface area contributed by atoms with Gasteiger partial charge < -0.3 is 15.1 Å². The number of hydrogen-bond donors (Lipinski definition) is 1. The minimum atomic E-state index is -0.0271. The number of carbonyl (C=O) groups is 2. The molecule has 2 rings (SSSR count). The number of nitrogens with zero attached hydrogens (tertiary/aromatic N) is 2. The normalized spacial score (nSPS) is 14.9. The number of aryl methyl sites for hydroxylation is 2. The first kappa shape index (κ1) is 16.3. The van der Waals surface area contributed by atoms with Gasteiger partial charge in [0.05, 0.1) is 0 Å². The molecule has 1 aromatic rings. The summed E-state index contributed by atoms with van der Waals surface area (Å²) in [6, 6.07) is 5.91. The molecule has 0 unspecified atom stereocenters. The van der Waals surface area contributed by atoms with Crippen molar-refractivity contribution in [1.82, 2.24) is 15.1 Å². The van der Waals surface area contributed by atoms with E-state index in [-0.39, 0.29) is 11.9 Å². The number of piperazine rings is 1. The number of urea groups is 1. The monoisotopic (exact) mass is 303 g/mol. The first-order valence-electron chi connectivity index (χ1n) is 7.92. The van der Waals surface area contributed by atoms with E-state index in [1.54, 1.807) is 4.90 Å². The summed E-state index contributed by atoms with van der Waals surface area (Å²) in [4.78, 5) is 28.2. The van der Waals surface area contributed by atoms with Gasteiger partial charge in [-0.05, 0) is 31.9 Å². The standard InChI is InChI=1S/C17H25N3O2/c1-4-7-18-17(22)20-10-8-19(9-11-20)16(21)15-12-13(2)5-6-14(15)3/h5-6,12H,4,7-11H2,1-3H3,(H,18,22). The molecule has 1 saturated heterocycles. The number of hydrogen-bond acceptors (Lipinski definition) is 2. The number of rotatable bonds is 3. The molecule has 0 atom stereocenters. The molecule has 1 aromatic carbocycles. The Balaban J connectivity index is 1.95. The van der Waals surface area contributed by atoms with Gasteiger partial charge in [0.2, 0.25) is 0 Å². The van der Waals surface area contributed by atoms with Crippen molar-refractivity contribution in [3.05, 3.63) is 34.9 Å². The average molecular weight is 303 g/mol. The van der Waals surface area contributed by atoms with Crippen molar-refractivity contribution in [3.63, 3.8) is 0 Å². The summed E-state index contributed by atoms with van der Waals surface area (Å²) in [5, 5.41) is 2.88. The van der Waals surface area contributed by atoms with Crippen LogP contribution in [-0.4, -0.2) is 54.5 Å². The van der Waals surface area contributed by atoms with Gasteiger partial charge in [-0.2, -0.15) is 0 Å². The van der Waals surface area contributed by atoms with Gasteiger partial charge in [-0.3, -0.25) is 4.79 Å². The molecule has 0 bridgehead atoms. The topological polar surface area (TPSA) is 52.7 Å². The van der Waals surface area contributed by atoms with E-state index in [4.69, 9.17) is 0 Å². The van der Waals surface area contributed by atoms with Crippen LogP contribution in [-0.2, 0) is 0 Å². The highest BCUT2D eigenvalue weighted by molar-refractivity contribution is 5.96. The van der Waals surface area contributed by atoms with Crippen LogP contribution in [0.25, 0.3) is 0 Å². The van der Waals surface area contributed by atoms with Crippen LogP contribution in [0, 0.1) is 13.8 Å². The molecule has 22 heavy (non-hydrogen) atoms. The number of benzene rings is 1. The molecule has 120 valence electrons. The summed E-state index contributed by atoms with van der Waals surface area (Å²) in [6.45, 7) is 9.03. The lowest BCUT2D eigenvalue weighted by Crippen LogP contribution is -2.53. The highest BCUT2D eigenvalue weighted by atomic mass is 16.2. The quantitative estimate of drug-likeness (QED) is 0.930. The van der Waals surface area contributed by atoms with Gasteiger partial charge in [0, 0.05) is 38.3 Å². The van der Waals surface area contributed by atoms with Crippen LogP contribution in [0.2, 0.25) is 0 Å². The predicted molar refractivity (Wildman–Crippen MR) is 87.1 cm³/mol. The minimum absolute atomic E-state index is 0.0271. The highest BCUT2D eigenvalue weighted by Gasteiger charge is 2.25. The molecule has 0 spiro atoms. The van der Waals surface area contributed by atoms with Gasteiger partial charge in [0.1, 0.15) is 0 Å². The maximum atomic E-state index is 12.6. The highest BCUT2D eigenvalue weighted by Crippen LogP contribution is 2.15. The van der Waals surface area contributed by atoms with Crippen LogP contribution in [0.3, 0.4) is 0 Å². The van der Waals surface area contributed by atoms with Crippen LogP contribution in [0.1, 0.15) is 34.8 Å². The molecule has 5 nitrogen and oxygen atoms in total. The Bertz CT molecular complexity index is 549. The third kappa shape index (κ3) is 3.78. The molecule has 0 saturated carbocycles. The van der Waals surface area contributed by atoms with Crippen molar-refractivity contribution in [3.8, 4) is 0 Å². The molecule has 0 aliphatic carbocycles. The van der Waals surface area contributed by atoms with Gasteiger partial charge in [0.15, 0.2) is 0 Å². The Morgan fingerprint density at radius 2 is 1.73 bits per heavy atom. The molecule has 1 aliphatic heterocycles. The Morgan fingerprint density at radius 1 is 1.09 bits per heavy atom. The Hall–Kier alpha value is -2.04. The molecule has 1 heterocycles. The number of amides is 3. The third-order valence-electron chi connectivity index (χ3n) is 4.00. The zero-order valence-corrected chi connectivity index (χ0v) is 13.7.